The van der Waals surface area contributed by atoms with Crippen molar-refractivity contribution < 1.29 is 0 Å². The third-order valence-electron chi connectivity index (χ3n) is 7.97. The topological polar surface area (TPSA) is 79.7 Å². The average Bonchev–Trinajstić information content (AvgIpc) is 3.66. The molecule has 7 nitrogen and oxygen atoms in total. The van der Waals surface area contributed by atoms with E-state index in [-0.39, 0.29) is 11.6 Å². The van der Waals surface area contributed by atoms with Gasteiger partial charge in [0.15, 0.2) is 5.82 Å². The van der Waals surface area contributed by atoms with Crippen molar-refractivity contribution in [2.45, 2.75) is 57.7 Å². The van der Waals surface area contributed by atoms with E-state index in [1.165, 1.54) is 24.0 Å². The van der Waals surface area contributed by atoms with Crippen LogP contribution in [-0.2, 0) is 13.0 Å². The summed E-state index contributed by atoms with van der Waals surface area (Å²) >= 11 is 0. The number of aryl methyl sites for hydroxylation is 1. The van der Waals surface area contributed by atoms with Gasteiger partial charge in [0.1, 0.15) is 6.04 Å². The van der Waals surface area contributed by atoms with E-state index in [1.54, 1.807) is 0 Å². The molecule has 7 heteroatoms. The number of hydrogen-bond acceptors (Lipinski definition) is 5. The van der Waals surface area contributed by atoms with Crippen LogP contribution in [0.1, 0.15) is 65.8 Å². The van der Waals surface area contributed by atoms with Crippen molar-refractivity contribution in [2.75, 3.05) is 6.54 Å². The molecule has 0 spiro atoms. The predicted molar refractivity (Wildman–Crippen MR) is 153 cm³/mol. The number of aromatic nitrogens is 5. The van der Waals surface area contributed by atoms with Crippen LogP contribution in [0, 0.1) is 6.92 Å². The zero-order valence-corrected chi connectivity index (χ0v) is 22.3. The van der Waals surface area contributed by atoms with Gasteiger partial charge in [-0.05, 0) is 64.8 Å². The minimum Gasteiger partial charge on any atom is -0.321 e. The van der Waals surface area contributed by atoms with E-state index in [9.17, 15) is 4.79 Å². The number of rotatable bonds is 9. The third-order valence-corrected chi connectivity index (χ3v) is 7.97. The van der Waals surface area contributed by atoms with E-state index in [0.717, 1.165) is 48.1 Å². The number of tetrazole rings is 1. The van der Waals surface area contributed by atoms with Gasteiger partial charge in [-0.25, -0.2) is 4.68 Å². The molecule has 0 saturated heterocycles. The Kier molecular flexibility index (Phi) is 7.32. The van der Waals surface area contributed by atoms with Crippen molar-refractivity contribution >= 4 is 10.9 Å². The molecule has 1 fully saturated rings. The highest BCUT2D eigenvalue weighted by Gasteiger charge is 2.33. The number of aromatic amines is 1. The van der Waals surface area contributed by atoms with Crippen LogP contribution in [0.5, 0.6) is 0 Å². The van der Waals surface area contributed by atoms with Gasteiger partial charge in [-0.1, -0.05) is 91.7 Å². The highest BCUT2D eigenvalue weighted by molar-refractivity contribution is 5.82. The standard InChI is InChI=1S/C32H34N6O/c1-23-11-10-16-26-21-28(32(39)33-29(23)26)30(31-34-35-36-38(31)27-17-8-9-18-27)37(22-25-14-6-3-7-15-25)20-19-24-12-4-2-5-13-24/h2-7,10-16,21,27,30H,8-9,17-20,22H2,1H3,(H,33,39)/t30-/m0/s1. The molecule has 3 aromatic carbocycles. The average molecular weight is 519 g/mol. The molecule has 1 aliphatic rings. The Morgan fingerprint density at radius 2 is 1.67 bits per heavy atom. The summed E-state index contributed by atoms with van der Waals surface area (Å²) < 4.78 is 2.00. The fourth-order valence-corrected chi connectivity index (χ4v) is 5.93. The second kappa shape index (κ2) is 11.3. The lowest BCUT2D eigenvalue weighted by atomic mass is 10.00. The maximum absolute atomic E-state index is 13.8. The van der Waals surface area contributed by atoms with Gasteiger partial charge >= 0.3 is 0 Å². The maximum Gasteiger partial charge on any atom is 0.253 e. The zero-order chi connectivity index (χ0) is 26.6. The number of hydrogen-bond donors (Lipinski definition) is 1. The SMILES string of the molecule is Cc1cccc2cc([C@@H](c3nnnn3C3CCCC3)N(CCc3ccccc3)Cc3ccccc3)c(=O)[nH]c12. The molecule has 1 atom stereocenters. The first-order chi connectivity index (χ1) is 19.2. The molecule has 2 aromatic heterocycles. The minimum atomic E-state index is -0.404. The van der Waals surface area contributed by atoms with Gasteiger partial charge in [0, 0.05) is 18.7 Å². The number of nitrogens with zero attached hydrogens (tertiary/aromatic N) is 5. The van der Waals surface area contributed by atoms with Gasteiger partial charge in [-0.3, -0.25) is 9.69 Å². The lowest BCUT2D eigenvalue weighted by Crippen LogP contribution is -2.36. The van der Waals surface area contributed by atoms with Crippen molar-refractivity contribution in [3.63, 3.8) is 0 Å². The second-order valence-electron chi connectivity index (χ2n) is 10.6. The Labute approximate surface area is 228 Å². The predicted octanol–water partition coefficient (Wildman–Crippen LogP) is 5.77. The van der Waals surface area contributed by atoms with Crippen molar-refractivity contribution in [3.8, 4) is 0 Å². The van der Waals surface area contributed by atoms with Gasteiger partial charge in [-0.2, -0.15) is 0 Å². The Morgan fingerprint density at radius 1 is 0.949 bits per heavy atom. The molecule has 198 valence electrons. The molecule has 0 aliphatic heterocycles. The molecule has 1 N–H and O–H groups in total. The van der Waals surface area contributed by atoms with E-state index in [1.807, 2.05) is 41.9 Å². The molecule has 0 radical (unpaired) electrons. The van der Waals surface area contributed by atoms with Crippen molar-refractivity contribution in [1.29, 1.82) is 0 Å². The molecule has 5 aromatic rings. The summed E-state index contributed by atoms with van der Waals surface area (Å²) in [4.78, 5) is 19.4. The lowest BCUT2D eigenvalue weighted by molar-refractivity contribution is 0.201. The largest absolute Gasteiger partial charge is 0.321 e. The Hall–Kier alpha value is -4.10. The van der Waals surface area contributed by atoms with E-state index in [0.29, 0.717) is 12.1 Å². The van der Waals surface area contributed by atoms with E-state index in [4.69, 9.17) is 0 Å². The molecule has 39 heavy (non-hydrogen) atoms. The quantitative estimate of drug-likeness (QED) is 0.268. The number of para-hydroxylation sites is 1. The van der Waals surface area contributed by atoms with Gasteiger partial charge in [-0.15, -0.1) is 5.10 Å². The van der Waals surface area contributed by atoms with Gasteiger partial charge in [0.25, 0.3) is 5.56 Å². The van der Waals surface area contributed by atoms with Gasteiger partial charge < -0.3 is 4.98 Å². The maximum atomic E-state index is 13.8. The molecule has 0 amide bonds. The number of fused-ring (bicyclic) bond motifs is 1. The summed E-state index contributed by atoms with van der Waals surface area (Å²) in [5.74, 6) is 0.739. The van der Waals surface area contributed by atoms with Crippen LogP contribution in [0.3, 0.4) is 0 Å². The van der Waals surface area contributed by atoms with Gasteiger partial charge in [0.2, 0.25) is 0 Å². The van der Waals surface area contributed by atoms with Crippen molar-refractivity contribution in [1.82, 2.24) is 30.1 Å². The van der Waals surface area contributed by atoms with Crippen LogP contribution in [0.15, 0.2) is 89.7 Å². The van der Waals surface area contributed by atoms with E-state index < -0.39 is 6.04 Å². The summed E-state index contributed by atoms with van der Waals surface area (Å²) in [6.07, 6.45) is 5.31. The van der Waals surface area contributed by atoms with Crippen LogP contribution in [0.2, 0.25) is 0 Å². The molecule has 0 bridgehead atoms. The molecule has 0 unspecified atom stereocenters. The monoisotopic (exact) mass is 518 g/mol. The second-order valence-corrected chi connectivity index (χ2v) is 10.6. The summed E-state index contributed by atoms with van der Waals surface area (Å²) in [5.41, 5.74) is 4.94. The summed E-state index contributed by atoms with van der Waals surface area (Å²) in [7, 11) is 0. The van der Waals surface area contributed by atoms with E-state index in [2.05, 4.69) is 80.0 Å². The molecule has 2 heterocycles. The molecular formula is C32H34N6O. The van der Waals surface area contributed by atoms with E-state index >= 15 is 0 Å². The Morgan fingerprint density at radius 3 is 2.41 bits per heavy atom. The first-order valence-electron chi connectivity index (χ1n) is 13.9. The number of H-pyrrole nitrogens is 1. The van der Waals surface area contributed by atoms with Crippen LogP contribution in [0.25, 0.3) is 10.9 Å². The first kappa shape index (κ1) is 25.2. The Balaban J connectivity index is 1.50. The number of nitrogens with one attached hydrogen (secondary N) is 1. The lowest BCUT2D eigenvalue weighted by Gasteiger charge is -2.32. The normalized spacial score (nSPS) is 14.8. The van der Waals surface area contributed by atoms with Crippen molar-refractivity contribution in [3.05, 3.63) is 123 Å². The van der Waals surface area contributed by atoms with Gasteiger partial charge in [0.05, 0.1) is 11.6 Å². The highest BCUT2D eigenvalue weighted by Crippen LogP contribution is 2.34. The first-order valence-corrected chi connectivity index (χ1v) is 13.9. The molecular weight excluding hydrogens is 484 g/mol. The number of pyridine rings is 1. The summed E-state index contributed by atoms with van der Waals surface area (Å²) in [6, 6.07) is 29.0. The summed E-state index contributed by atoms with van der Waals surface area (Å²) in [6.45, 7) is 3.44. The zero-order valence-electron chi connectivity index (χ0n) is 22.3. The van der Waals surface area contributed by atoms with Crippen LogP contribution >= 0.6 is 0 Å². The minimum absolute atomic E-state index is 0.0967. The molecule has 6 rings (SSSR count). The van der Waals surface area contributed by atoms with Crippen LogP contribution in [-0.4, -0.2) is 36.6 Å². The fraction of sp³-hybridized carbons (Fsp3) is 0.312. The Bertz CT molecular complexity index is 1590. The van der Waals surface area contributed by atoms with Crippen molar-refractivity contribution in [2.24, 2.45) is 0 Å². The molecule has 1 aliphatic carbocycles. The molecule has 1 saturated carbocycles. The van der Waals surface area contributed by atoms with Crippen LogP contribution in [0.4, 0.5) is 0 Å². The highest BCUT2D eigenvalue weighted by atomic mass is 16.1. The smallest absolute Gasteiger partial charge is 0.253 e. The summed E-state index contributed by atoms with van der Waals surface area (Å²) in [5, 5.41) is 14.2. The van der Waals surface area contributed by atoms with Crippen LogP contribution < -0.4 is 5.56 Å². The third kappa shape index (κ3) is 5.40. The fourth-order valence-electron chi connectivity index (χ4n) is 5.93. The number of benzene rings is 3.